The molecule has 0 bridgehead atoms. The lowest BCUT2D eigenvalue weighted by Gasteiger charge is -1.93. The molecule has 0 radical (unpaired) electrons. The maximum atomic E-state index is 13.0. The molecule has 0 N–H and O–H groups in total. The summed E-state index contributed by atoms with van der Waals surface area (Å²) >= 11 is 0. The molecule has 0 aliphatic rings. The van der Waals surface area contributed by atoms with Crippen molar-refractivity contribution < 1.29 is 14.1 Å². The normalized spacial score (nSPS) is 10.9. The second kappa shape index (κ2) is 5.43. The van der Waals surface area contributed by atoms with Gasteiger partial charge in [-0.25, -0.2) is 4.39 Å². The number of ketones is 1. The van der Waals surface area contributed by atoms with Crippen molar-refractivity contribution in [3.05, 3.63) is 63.7 Å². The molecule has 1 aromatic carbocycles. The van der Waals surface area contributed by atoms with E-state index in [0.29, 0.717) is 5.56 Å². The van der Waals surface area contributed by atoms with Crippen LogP contribution in [0.3, 0.4) is 0 Å². The Morgan fingerprint density at radius 1 is 1.50 bits per heavy atom. The van der Waals surface area contributed by atoms with Crippen LogP contribution < -0.4 is 0 Å². The molecule has 0 atom stereocenters. The van der Waals surface area contributed by atoms with E-state index in [1.807, 2.05) is 0 Å². The summed E-state index contributed by atoms with van der Waals surface area (Å²) in [5.41, 5.74) is -0.122. The first-order valence-electron chi connectivity index (χ1n) is 5.63. The molecule has 0 aliphatic heterocycles. The van der Waals surface area contributed by atoms with Crippen LogP contribution in [0.2, 0.25) is 0 Å². The van der Waals surface area contributed by atoms with Crippen LogP contribution in [-0.4, -0.2) is 20.5 Å². The molecule has 2 rings (SSSR count). The molecule has 1 aromatic heterocycles. The number of hydrogen-bond acceptors (Lipinski definition) is 4. The van der Waals surface area contributed by atoms with Crippen molar-refractivity contribution in [1.29, 1.82) is 0 Å². The molecule has 7 heteroatoms. The average molecular weight is 275 g/mol. The second-order valence-electron chi connectivity index (χ2n) is 4.05. The highest BCUT2D eigenvalue weighted by Crippen LogP contribution is 2.17. The molecule has 0 fully saturated rings. The summed E-state index contributed by atoms with van der Waals surface area (Å²) in [6.45, 7) is 0. The lowest BCUT2D eigenvalue weighted by Crippen LogP contribution is -2.01. The van der Waals surface area contributed by atoms with Crippen LogP contribution >= 0.6 is 0 Å². The van der Waals surface area contributed by atoms with E-state index in [1.165, 1.54) is 36.0 Å². The van der Waals surface area contributed by atoms with Gasteiger partial charge in [-0.3, -0.25) is 19.6 Å². The summed E-state index contributed by atoms with van der Waals surface area (Å²) < 4.78 is 14.2. The van der Waals surface area contributed by atoms with Gasteiger partial charge in [0.2, 0.25) is 11.5 Å². The van der Waals surface area contributed by atoms with Crippen LogP contribution in [0.1, 0.15) is 16.1 Å². The van der Waals surface area contributed by atoms with E-state index >= 15 is 0 Å². The number of aryl methyl sites for hydroxylation is 1. The first kappa shape index (κ1) is 13.6. The van der Waals surface area contributed by atoms with Gasteiger partial charge in [0.05, 0.1) is 4.92 Å². The predicted octanol–water partition coefficient (Wildman–Crippen LogP) is 2.36. The van der Waals surface area contributed by atoms with E-state index in [-0.39, 0.29) is 11.4 Å². The van der Waals surface area contributed by atoms with Crippen molar-refractivity contribution in [3.63, 3.8) is 0 Å². The maximum absolute atomic E-state index is 13.0. The van der Waals surface area contributed by atoms with Gasteiger partial charge in [-0.05, 0) is 23.8 Å². The van der Waals surface area contributed by atoms with E-state index in [0.717, 1.165) is 12.3 Å². The molecule has 20 heavy (non-hydrogen) atoms. The highest BCUT2D eigenvalue weighted by molar-refractivity contribution is 6.07. The van der Waals surface area contributed by atoms with Crippen molar-refractivity contribution in [2.45, 2.75) is 0 Å². The first-order chi connectivity index (χ1) is 9.47. The molecule has 0 amide bonds. The van der Waals surface area contributed by atoms with Crippen LogP contribution in [0.5, 0.6) is 0 Å². The Labute approximate surface area is 113 Å². The maximum Gasteiger partial charge on any atom is 0.318 e. The SMILES string of the molecule is Cn1cc([N+](=O)[O-])c(C(=O)/C=C/c2cccc(F)c2)n1. The van der Waals surface area contributed by atoms with Crippen molar-refractivity contribution in [1.82, 2.24) is 9.78 Å². The lowest BCUT2D eigenvalue weighted by atomic mass is 10.1. The third-order valence-electron chi connectivity index (χ3n) is 2.52. The van der Waals surface area contributed by atoms with Gasteiger partial charge in [0, 0.05) is 7.05 Å². The summed E-state index contributed by atoms with van der Waals surface area (Å²) in [6.07, 6.45) is 3.66. The van der Waals surface area contributed by atoms with Gasteiger partial charge in [0.25, 0.3) is 0 Å². The Morgan fingerprint density at radius 3 is 2.90 bits per heavy atom. The number of aromatic nitrogens is 2. The number of halogens is 1. The summed E-state index contributed by atoms with van der Waals surface area (Å²) in [6, 6.07) is 5.64. The highest BCUT2D eigenvalue weighted by atomic mass is 19.1. The zero-order chi connectivity index (χ0) is 14.7. The summed E-state index contributed by atoms with van der Waals surface area (Å²) in [5.74, 6) is -1.04. The Kier molecular flexibility index (Phi) is 3.69. The van der Waals surface area contributed by atoms with Crippen LogP contribution in [0, 0.1) is 15.9 Å². The molecule has 1 heterocycles. The van der Waals surface area contributed by atoms with Gasteiger partial charge in [-0.15, -0.1) is 0 Å². The van der Waals surface area contributed by atoms with Gasteiger partial charge in [-0.2, -0.15) is 5.10 Å². The minimum atomic E-state index is -0.670. The molecular formula is C13H10FN3O3. The fourth-order valence-corrected chi connectivity index (χ4v) is 1.65. The predicted molar refractivity (Wildman–Crippen MR) is 69.6 cm³/mol. The zero-order valence-electron chi connectivity index (χ0n) is 10.5. The summed E-state index contributed by atoms with van der Waals surface area (Å²) in [5, 5.41) is 14.5. The largest absolute Gasteiger partial charge is 0.318 e. The number of nitro groups is 1. The van der Waals surface area contributed by atoms with E-state index in [1.54, 1.807) is 6.07 Å². The third kappa shape index (κ3) is 2.94. The van der Waals surface area contributed by atoms with Gasteiger partial charge in [-0.1, -0.05) is 18.2 Å². The van der Waals surface area contributed by atoms with Crippen molar-refractivity contribution in [3.8, 4) is 0 Å². The number of nitrogens with zero attached hydrogens (tertiary/aromatic N) is 3. The highest BCUT2D eigenvalue weighted by Gasteiger charge is 2.22. The summed E-state index contributed by atoms with van der Waals surface area (Å²) in [4.78, 5) is 22.0. The number of allylic oxidation sites excluding steroid dienone is 1. The Bertz CT molecular complexity index is 707. The summed E-state index contributed by atoms with van der Waals surface area (Å²) in [7, 11) is 1.49. The Hall–Kier alpha value is -2.83. The molecule has 102 valence electrons. The molecule has 0 spiro atoms. The van der Waals surface area contributed by atoms with E-state index in [2.05, 4.69) is 5.10 Å². The molecule has 0 unspecified atom stereocenters. The minimum Gasteiger partial charge on any atom is -0.287 e. The molecular weight excluding hydrogens is 265 g/mol. The lowest BCUT2D eigenvalue weighted by molar-refractivity contribution is -0.385. The monoisotopic (exact) mass is 275 g/mol. The third-order valence-corrected chi connectivity index (χ3v) is 2.52. The number of carbonyl (C=O) groups excluding carboxylic acids is 1. The molecule has 0 saturated carbocycles. The molecule has 6 nitrogen and oxygen atoms in total. The molecule has 0 aliphatic carbocycles. The number of hydrogen-bond donors (Lipinski definition) is 0. The van der Waals surface area contributed by atoms with E-state index in [9.17, 15) is 19.3 Å². The number of benzene rings is 1. The van der Waals surface area contributed by atoms with Crippen LogP contribution in [0.15, 0.2) is 36.5 Å². The fraction of sp³-hybridized carbons (Fsp3) is 0.0769. The average Bonchev–Trinajstić information content (AvgIpc) is 2.78. The smallest absolute Gasteiger partial charge is 0.287 e. The minimum absolute atomic E-state index is 0.245. The number of carbonyl (C=O) groups is 1. The van der Waals surface area contributed by atoms with E-state index < -0.39 is 16.5 Å². The molecule has 0 saturated heterocycles. The molecule has 2 aromatic rings. The quantitative estimate of drug-likeness (QED) is 0.371. The van der Waals surface area contributed by atoms with Crippen molar-refractivity contribution in [2.75, 3.05) is 0 Å². The van der Waals surface area contributed by atoms with Gasteiger partial charge in [0.1, 0.15) is 12.0 Å². The standard InChI is InChI=1S/C13H10FN3O3/c1-16-8-11(17(19)20)13(15-16)12(18)6-5-9-3-2-4-10(14)7-9/h2-8H,1H3/b6-5+. The van der Waals surface area contributed by atoms with Gasteiger partial charge >= 0.3 is 5.69 Å². The van der Waals surface area contributed by atoms with Gasteiger partial charge < -0.3 is 0 Å². The van der Waals surface area contributed by atoms with Crippen LogP contribution in [-0.2, 0) is 7.05 Å². The van der Waals surface area contributed by atoms with Crippen molar-refractivity contribution in [2.24, 2.45) is 7.05 Å². The van der Waals surface area contributed by atoms with Gasteiger partial charge in [0.15, 0.2) is 0 Å². The van der Waals surface area contributed by atoms with E-state index in [4.69, 9.17) is 0 Å². The van der Waals surface area contributed by atoms with Crippen LogP contribution in [0.4, 0.5) is 10.1 Å². The Morgan fingerprint density at radius 2 is 2.25 bits per heavy atom. The van der Waals surface area contributed by atoms with Crippen LogP contribution in [0.25, 0.3) is 6.08 Å². The van der Waals surface area contributed by atoms with Crippen molar-refractivity contribution >= 4 is 17.5 Å². The first-order valence-corrected chi connectivity index (χ1v) is 5.63. The zero-order valence-corrected chi connectivity index (χ0v) is 10.5. The number of rotatable bonds is 4. The Balaban J connectivity index is 2.26. The second-order valence-corrected chi connectivity index (χ2v) is 4.05. The fourth-order valence-electron chi connectivity index (χ4n) is 1.65. The topological polar surface area (TPSA) is 78.0 Å².